The monoisotopic (exact) mass is 293 g/mol. The first kappa shape index (κ1) is 17.5. The Morgan fingerprint density at radius 2 is 1.95 bits per heavy atom. The third-order valence-electron chi connectivity index (χ3n) is 3.73. The summed E-state index contributed by atoms with van der Waals surface area (Å²) in [5.41, 5.74) is 1.21. The highest BCUT2D eigenvalue weighted by Gasteiger charge is 2.17. The minimum atomic E-state index is -0.665. The van der Waals surface area contributed by atoms with Gasteiger partial charge in [-0.05, 0) is 44.1 Å². The highest BCUT2D eigenvalue weighted by atomic mass is 16.5. The zero-order valence-electron chi connectivity index (χ0n) is 13.3. The van der Waals surface area contributed by atoms with Crippen molar-refractivity contribution < 1.29 is 14.6 Å². The van der Waals surface area contributed by atoms with Crippen LogP contribution in [0.5, 0.6) is 5.75 Å². The number of aliphatic carboxylic acids is 1. The van der Waals surface area contributed by atoms with Crippen molar-refractivity contribution in [3.05, 3.63) is 29.8 Å². The van der Waals surface area contributed by atoms with Gasteiger partial charge in [0.2, 0.25) is 0 Å². The van der Waals surface area contributed by atoms with Gasteiger partial charge in [-0.15, -0.1) is 0 Å². The lowest BCUT2D eigenvalue weighted by atomic mass is 9.98. The summed E-state index contributed by atoms with van der Waals surface area (Å²) in [5.74, 6) is -0.0310. The van der Waals surface area contributed by atoms with E-state index in [0.717, 1.165) is 38.1 Å². The molecule has 0 spiro atoms. The molecule has 1 N–H and O–H groups in total. The fourth-order valence-electron chi connectivity index (χ4n) is 2.34. The number of rotatable bonds is 10. The summed E-state index contributed by atoms with van der Waals surface area (Å²) < 4.78 is 5.14. The van der Waals surface area contributed by atoms with E-state index in [9.17, 15) is 9.90 Å². The number of hydrogen-bond donors (Lipinski definition) is 1. The van der Waals surface area contributed by atoms with Crippen LogP contribution in [0.4, 0.5) is 0 Å². The first-order chi connectivity index (χ1) is 10.1. The van der Waals surface area contributed by atoms with Crippen molar-refractivity contribution in [1.82, 2.24) is 4.90 Å². The van der Waals surface area contributed by atoms with Crippen LogP contribution in [0.3, 0.4) is 0 Å². The molecule has 4 heteroatoms. The SMILES string of the molecule is CCCCC(CCN(C)Cc1ccc(OC)cc1)C(=O)O. The van der Waals surface area contributed by atoms with Crippen LogP contribution < -0.4 is 4.74 Å². The van der Waals surface area contributed by atoms with Gasteiger partial charge in [0, 0.05) is 6.54 Å². The molecule has 1 rings (SSSR count). The van der Waals surface area contributed by atoms with Crippen molar-refractivity contribution in [2.45, 2.75) is 39.2 Å². The van der Waals surface area contributed by atoms with E-state index in [1.54, 1.807) is 7.11 Å². The molecular weight excluding hydrogens is 266 g/mol. The Hall–Kier alpha value is -1.55. The summed E-state index contributed by atoms with van der Waals surface area (Å²) >= 11 is 0. The molecule has 0 bridgehead atoms. The lowest BCUT2D eigenvalue weighted by Crippen LogP contribution is -2.24. The molecule has 0 saturated heterocycles. The molecule has 1 unspecified atom stereocenters. The van der Waals surface area contributed by atoms with Crippen LogP contribution in [-0.4, -0.2) is 36.7 Å². The maximum atomic E-state index is 11.2. The number of hydrogen-bond acceptors (Lipinski definition) is 3. The molecule has 0 aliphatic carbocycles. The van der Waals surface area contributed by atoms with E-state index >= 15 is 0 Å². The van der Waals surface area contributed by atoms with E-state index in [0.29, 0.717) is 6.42 Å². The molecule has 0 amide bonds. The van der Waals surface area contributed by atoms with Crippen LogP contribution in [0.2, 0.25) is 0 Å². The van der Waals surface area contributed by atoms with Crippen molar-refractivity contribution in [2.24, 2.45) is 5.92 Å². The minimum absolute atomic E-state index is 0.219. The van der Waals surface area contributed by atoms with Crippen LogP contribution in [0.15, 0.2) is 24.3 Å². The molecule has 0 aliphatic rings. The van der Waals surface area contributed by atoms with Crippen LogP contribution >= 0.6 is 0 Å². The lowest BCUT2D eigenvalue weighted by Gasteiger charge is -2.19. The summed E-state index contributed by atoms with van der Waals surface area (Å²) in [6.07, 6.45) is 3.52. The van der Waals surface area contributed by atoms with Gasteiger partial charge in [-0.3, -0.25) is 4.79 Å². The maximum absolute atomic E-state index is 11.2. The Kier molecular flexibility index (Phi) is 7.83. The molecular formula is C17H27NO3. The molecule has 1 aromatic carbocycles. The smallest absolute Gasteiger partial charge is 0.306 e. The standard InChI is InChI=1S/C17H27NO3/c1-4-5-6-15(17(19)20)11-12-18(2)13-14-7-9-16(21-3)10-8-14/h7-10,15H,4-6,11-13H2,1-3H3,(H,19,20). The van der Waals surface area contributed by atoms with Gasteiger partial charge >= 0.3 is 5.97 Å². The first-order valence-electron chi connectivity index (χ1n) is 7.61. The van der Waals surface area contributed by atoms with Gasteiger partial charge in [-0.2, -0.15) is 0 Å². The fourth-order valence-corrected chi connectivity index (χ4v) is 2.34. The summed E-state index contributed by atoms with van der Waals surface area (Å²) in [6, 6.07) is 7.98. The van der Waals surface area contributed by atoms with E-state index in [1.165, 1.54) is 5.56 Å². The van der Waals surface area contributed by atoms with Gasteiger partial charge in [-0.25, -0.2) is 0 Å². The first-order valence-corrected chi connectivity index (χ1v) is 7.61. The second-order valence-corrected chi connectivity index (χ2v) is 5.55. The van der Waals surface area contributed by atoms with Crippen molar-refractivity contribution in [3.63, 3.8) is 0 Å². The Morgan fingerprint density at radius 3 is 2.48 bits per heavy atom. The third-order valence-corrected chi connectivity index (χ3v) is 3.73. The predicted octanol–water partition coefficient (Wildman–Crippen LogP) is 3.41. The lowest BCUT2D eigenvalue weighted by molar-refractivity contribution is -0.142. The quantitative estimate of drug-likeness (QED) is 0.718. The summed E-state index contributed by atoms with van der Waals surface area (Å²) in [6.45, 7) is 3.71. The molecule has 118 valence electrons. The molecule has 0 fully saturated rings. The Bertz CT molecular complexity index is 417. The predicted molar refractivity (Wildman–Crippen MR) is 84.6 cm³/mol. The average molecular weight is 293 g/mol. The van der Waals surface area contributed by atoms with Crippen molar-refractivity contribution >= 4 is 5.97 Å². The van der Waals surface area contributed by atoms with Gasteiger partial charge in [-0.1, -0.05) is 31.9 Å². The minimum Gasteiger partial charge on any atom is -0.497 e. The van der Waals surface area contributed by atoms with E-state index in [1.807, 2.05) is 31.3 Å². The van der Waals surface area contributed by atoms with Crippen LogP contribution in [0, 0.1) is 5.92 Å². The van der Waals surface area contributed by atoms with Crippen molar-refractivity contribution in [1.29, 1.82) is 0 Å². The fraction of sp³-hybridized carbons (Fsp3) is 0.588. The number of carbonyl (C=O) groups is 1. The third kappa shape index (κ3) is 6.63. The zero-order valence-corrected chi connectivity index (χ0v) is 13.3. The molecule has 1 aromatic rings. The van der Waals surface area contributed by atoms with E-state index in [-0.39, 0.29) is 5.92 Å². The number of carboxylic acid groups (broad SMARTS) is 1. The van der Waals surface area contributed by atoms with Crippen molar-refractivity contribution in [3.8, 4) is 5.75 Å². The normalized spacial score (nSPS) is 12.4. The Morgan fingerprint density at radius 1 is 1.29 bits per heavy atom. The molecule has 21 heavy (non-hydrogen) atoms. The van der Waals surface area contributed by atoms with E-state index in [2.05, 4.69) is 11.8 Å². The number of carboxylic acids is 1. The Balaban J connectivity index is 2.40. The van der Waals surface area contributed by atoms with Crippen LogP contribution in [0.1, 0.15) is 38.2 Å². The highest BCUT2D eigenvalue weighted by Crippen LogP contribution is 2.16. The highest BCUT2D eigenvalue weighted by molar-refractivity contribution is 5.69. The number of methoxy groups -OCH3 is 1. The van der Waals surface area contributed by atoms with E-state index < -0.39 is 5.97 Å². The number of benzene rings is 1. The summed E-state index contributed by atoms with van der Waals surface area (Å²) in [7, 11) is 3.69. The van der Waals surface area contributed by atoms with Crippen LogP contribution in [0.25, 0.3) is 0 Å². The topological polar surface area (TPSA) is 49.8 Å². The number of nitrogens with zero attached hydrogens (tertiary/aromatic N) is 1. The van der Waals surface area contributed by atoms with Gasteiger partial charge in [0.15, 0.2) is 0 Å². The molecule has 0 aliphatic heterocycles. The van der Waals surface area contributed by atoms with Gasteiger partial charge in [0.05, 0.1) is 13.0 Å². The largest absolute Gasteiger partial charge is 0.497 e. The van der Waals surface area contributed by atoms with Crippen LogP contribution in [-0.2, 0) is 11.3 Å². The van der Waals surface area contributed by atoms with Gasteiger partial charge in [0.1, 0.15) is 5.75 Å². The molecule has 0 radical (unpaired) electrons. The maximum Gasteiger partial charge on any atom is 0.306 e. The molecule has 1 atom stereocenters. The van der Waals surface area contributed by atoms with E-state index in [4.69, 9.17) is 4.74 Å². The van der Waals surface area contributed by atoms with Gasteiger partial charge < -0.3 is 14.7 Å². The Labute approximate surface area is 127 Å². The summed E-state index contributed by atoms with van der Waals surface area (Å²) in [4.78, 5) is 13.4. The molecule has 0 aromatic heterocycles. The molecule has 0 heterocycles. The number of ether oxygens (including phenoxy) is 1. The van der Waals surface area contributed by atoms with Crippen molar-refractivity contribution in [2.75, 3.05) is 20.7 Å². The zero-order chi connectivity index (χ0) is 15.7. The summed E-state index contributed by atoms with van der Waals surface area (Å²) in [5, 5.41) is 9.23. The average Bonchev–Trinajstić information content (AvgIpc) is 2.47. The molecule has 4 nitrogen and oxygen atoms in total. The molecule has 0 saturated carbocycles. The van der Waals surface area contributed by atoms with Gasteiger partial charge in [0.25, 0.3) is 0 Å². The number of unbranched alkanes of at least 4 members (excludes halogenated alkanes) is 1. The second kappa shape index (κ2) is 9.40. The second-order valence-electron chi connectivity index (χ2n) is 5.55.